The minimum atomic E-state index is -4.41. The molecule has 2 rings (SSSR count). The maximum atomic E-state index is 12.5. The fraction of sp³-hybridized carbons (Fsp3) is 0.235. The van der Waals surface area contributed by atoms with E-state index < -0.39 is 16.1 Å². The van der Waals surface area contributed by atoms with Crippen molar-refractivity contribution in [3.05, 3.63) is 49.9 Å². The van der Waals surface area contributed by atoms with Crippen molar-refractivity contribution in [1.82, 2.24) is 0 Å². The van der Waals surface area contributed by atoms with E-state index in [1.807, 2.05) is 0 Å². The van der Waals surface area contributed by atoms with Crippen molar-refractivity contribution in [1.29, 1.82) is 0 Å². The summed E-state index contributed by atoms with van der Waals surface area (Å²) in [6.45, 7) is 5.06. The Balaban J connectivity index is 2.51. The lowest BCUT2D eigenvalue weighted by molar-refractivity contribution is 0.0730. The van der Waals surface area contributed by atoms with Crippen LogP contribution >= 0.6 is 31.9 Å². The molecule has 0 aliphatic heterocycles. The minimum absolute atomic E-state index is 0.0596. The number of aromatic hydroxyl groups is 1. The first-order chi connectivity index (χ1) is 11.9. The molecule has 0 saturated carbocycles. The molecule has 2 aromatic rings. The van der Waals surface area contributed by atoms with Gasteiger partial charge in [0.15, 0.2) is 0 Å². The predicted octanol–water partition coefficient (Wildman–Crippen LogP) is 4.81. The van der Waals surface area contributed by atoms with Crippen molar-refractivity contribution < 1.29 is 27.6 Å². The zero-order valence-corrected chi connectivity index (χ0v) is 18.1. The summed E-state index contributed by atoms with van der Waals surface area (Å²) in [6, 6.07) is 5.65. The van der Waals surface area contributed by atoms with E-state index in [4.69, 9.17) is 4.74 Å². The zero-order valence-electron chi connectivity index (χ0n) is 14.1. The Morgan fingerprint density at radius 2 is 1.77 bits per heavy atom. The quantitative estimate of drug-likeness (QED) is 0.349. The standard InChI is InChI=1S/C17H16Br2O6S/c1-8(2)11-7-14(9(3)4-15(11)26(22,23)24)25-17(21)12-5-10(18)6-13(19)16(12)20/h4-8,20H,1-3H3,(H,22,23,24). The van der Waals surface area contributed by atoms with Gasteiger partial charge in [0.1, 0.15) is 17.1 Å². The highest BCUT2D eigenvalue weighted by Gasteiger charge is 2.23. The van der Waals surface area contributed by atoms with Gasteiger partial charge in [-0.15, -0.1) is 0 Å². The number of phenols is 1. The van der Waals surface area contributed by atoms with Gasteiger partial charge in [-0.1, -0.05) is 29.8 Å². The monoisotopic (exact) mass is 506 g/mol. The number of carbonyl (C=O) groups is 1. The molecule has 6 nitrogen and oxygen atoms in total. The van der Waals surface area contributed by atoms with Crippen LogP contribution in [0.1, 0.15) is 41.3 Å². The Bertz CT molecular complexity index is 983. The lowest BCUT2D eigenvalue weighted by atomic mass is 10.0. The topological polar surface area (TPSA) is 101 Å². The summed E-state index contributed by atoms with van der Waals surface area (Å²) >= 11 is 6.38. The largest absolute Gasteiger partial charge is 0.506 e. The van der Waals surface area contributed by atoms with Crippen LogP contribution in [0.25, 0.3) is 0 Å². The first-order valence-corrected chi connectivity index (χ1v) is 10.5. The molecule has 2 N–H and O–H groups in total. The lowest BCUT2D eigenvalue weighted by Crippen LogP contribution is -2.12. The highest BCUT2D eigenvalue weighted by Crippen LogP contribution is 2.34. The third-order valence-corrected chi connectivity index (χ3v) is 5.63. The van der Waals surface area contributed by atoms with Gasteiger partial charge in [0, 0.05) is 4.47 Å². The van der Waals surface area contributed by atoms with Crippen LogP contribution in [0.3, 0.4) is 0 Å². The summed E-state index contributed by atoms with van der Waals surface area (Å²) in [4.78, 5) is 12.2. The number of phenolic OH excluding ortho intramolecular Hbond substituents is 1. The molecule has 0 fully saturated rings. The molecule has 140 valence electrons. The van der Waals surface area contributed by atoms with Crippen molar-refractivity contribution in [2.24, 2.45) is 0 Å². The highest BCUT2D eigenvalue weighted by molar-refractivity contribution is 9.11. The Hall–Kier alpha value is -1.42. The van der Waals surface area contributed by atoms with Gasteiger partial charge in [0.25, 0.3) is 10.1 Å². The van der Waals surface area contributed by atoms with Crippen LogP contribution in [0.2, 0.25) is 0 Å². The number of esters is 1. The summed E-state index contributed by atoms with van der Waals surface area (Å²) in [5, 5.41) is 10.1. The van der Waals surface area contributed by atoms with Crippen LogP contribution in [0.4, 0.5) is 0 Å². The van der Waals surface area contributed by atoms with Gasteiger partial charge in [-0.2, -0.15) is 8.42 Å². The van der Waals surface area contributed by atoms with Crippen LogP contribution in [-0.2, 0) is 10.1 Å². The second-order valence-corrected chi connectivity index (χ2v) is 9.12. The molecular formula is C17H16Br2O6S. The Labute approximate surface area is 168 Å². The smallest absolute Gasteiger partial charge is 0.347 e. The van der Waals surface area contributed by atoms with E-state index in [-0.39, 0.29) is 27.9 Å². The summed E-state index contributed by atoms with van der Waals surface area (Å²) in [6.07, 6.45) is 0. The number of aryl methyl sites for hydroxylation is 1. The van der Waals surface area contributed by atoms with Crippen molar-refractivity contribution in [2.75, 3.05) is 0 Å². The molecule has 0 amide bonds. The fourth-order valence-corrected chi connectivity index (χ4v) is 4.48. The molecular weight excluding hydrogens is 492 g/mol. The second-order valence-electron chi connectivity index (χ2n) is 5.96. The van der Waals surface area contributed by atoms with Gasteiger partial charge in [-0.05, 0) is 64.2 Å². The first-order valence-electron chi connectivity index (χ1n) is 7.44. The van der Waals surface area contributed by atoms with Gasteiger partial charge < -0.3 is 9.84 Å². The summed E-state index contributed by atoms with van der Waals surface area (Å²) in [5.41, 5.74) is 0.611. The molecule has 26 heavy (non-hydrogen) atoms. The number of hydrogen-bond acceptors (Lipinski definition) is 5. The molecule has 9 heteroatoms. The maximum absolute atomic E-state index is 12.5. The van der Waals surface area contributed by atoms with E-state index in [0.29, 0.717) is 20.1 Å². The second kappa shape index (κ2) is 7.67. The molecule has 0 spiro atoms. The summed E-state index contributed by atoms with van der Waals surface area (Å²) in [5.74, 6) is -1.17. The molecule has 0 atom stereocenters. The molecule has 0 aliphatic rings. The number of benzene rings is 2. The Morgan fingerprint density at radius 1 is 1.15 bits per heavy atom. The Kier molecular flexibility index (Phi) is 6.17. The third-order valence-electron chi connectivity index (χ3n) is 3.66. The molecule has 0 unspecified atom stereocenters. The molecule has 0 aromatic heterocycles. The normalized spacial score (nSPS) is 11.7. The van der Waals surface area contributed by atoms with E-state index in [1.54, 1.807) is 26.8 Å². The summed E-state index contributed by atoms with van der Waals surface area (Å²) in [7, 11) is -4.41. The van der Waals surface area contributed by atoms with E-state index in [1.165, 1.54) is 18.2 Å². The molecule has 2 aromatic carbocycles. The average Bonchev–Trinajstić information content (AvgIpc) is 2.51. The maximum Gasteiger partial charge on any atom is 0.347 e. The zero-order chi connectivity index (χ0) is 19.8. The van der Waals surface area contributed by atoms with Crippen molar-refractivity contribution in [2.45, 2.75) is 31.6 Å². The SMILES string of the molecule is Cc1cc(S(=O)(=O)O)c(C(C)C)cc1OC(=O)c1cc(Br)cc(Br)c1O. The lowest BCUT2D eigenvalue weighted by Gasteiger charge is -2.16. The van der Waals surface area contributed by atoms with Crippen LogP contribution in [0.5, 0.6) is 11.5 Å². The molecule has 0 saturated heterocycles. The van der Waals surface area contributed by atoms with E-state index >= 15 is 0 Å². The number of ether oxygens (including phenoxy) is 1. The van der Waals surface area contributed by atoms with E-state index in [9.17, 15) is 22.9 Å². The van der Waals surface area contributed by atoms with Crippen LogP contribution in [0, 0.1) is 6.92 Å². The predicted molar refractivity (Wildman–Crippen MR) is 104 cm³/mol. The van der Waals surface area contributed by atoms with Crippen molar-refractivity contribution >= 4 is 47.9 Å². The number of hydrogen-bond donors (Lipinski definition) is 2. The number of halogens is 2. The number of carbonyl (C=O) groups excluding carboxylic acids is 1. The third kappa shape index (κ3) is 4.46. The van der Waals surface area contributed by atoms with Crippen molar-refractivity contribution in [3.63, 3.8) is 0 Å². The first kappa shape index (κ1) is 20.9. The Morgan fingerprint density at radius 3 is 2.31 bits per heavy atom. The van der Waals surface area contributed by atoms with E-state index in [0.717, 1.165) is 0 Å². The molecule has 0 bridgehead atoms. The van der Waals surface area contributed by atoms with Crippen molar-refractivity contribution in [3.8, 4) is 11.5 Å². The van der Waals surface area contributed by atoms with Gasteiger partial charge >= 0.3 is 5.97 Å². The summed E-state index contributed by atoms with van der Waals surface area (Å²) < 4.78 is 38.8. The fourth-order valence-electron chi connectivity index (χ4n) is 2.34. The van der Waals surface area contributed by atoms with E-state index in [2.05, 4.69) is 31.9 Å². The molecule has 0 heterocycles. The number of rotatable bonds is 4. The van der Waals surface area contributed by atoms with Gasteiger partial charge in [-0.3, -0.25) is 4.55 Å². The van der Waals surface area contributed by atoms with Gasteiger partial charge in [0.2, 0.25) is 0 Å². The van der Waals surface area contributed by atoms with Crippen LogP contribution in [-0.4, -0.2) is 24.0 Å². The molecule has 0 radical (unpaired) electrons. The van der Waals surface area contributed by atoms with Crippen LogP contribution < -0.4 is 4.74 Å². The minimum Gasteiger partial charge on any atom is -0.506 e. The van der Waals surface area contributed by atoms with Gasteiger partial charge in [0.05, 0.1) is 9.37 Å². The average molecular weight is 508 g/mol. The van der Waals surface area contributed by atoms with Gasteiger partial charge in [-0.25, -0.2) is 4.79 Å². The highest BCUT2D eigenvalue weighted by atomic mass is 79.9. The molecule has 0 aliphatic carbocycles. The van der Waals surface area contributed by atoms with Crippen LogP contribution in [0.15, 0.2) is 38.1 Å².